The average Bonchev–Trinajstić information content (AvgIpc) is 2.41. The summed E-state index contributed by atoms with van der Waals surface area (Å²) in [5.74, 6) is 1.16. The topological polar surface area (TPSA) is 57.7 Å². The highest BCUT2D eigenvalue weighted by molar-refractivity contribution is 7.84. The van der Waals surface area contributed by atoms with Gasteiger partial charge in [-0.2, -0.15) is 0 Å². The summed E-state index contributed by atoms with van der Waals surface area (Å²) in [5, 5.41) is 0. The van der Waals surface area contributed by atoms with Gasteiger partial charge in [0, 0.05) is 35.4 Å². The summed E-state index contributed by atoms with van der Waals surface area (Å²) in [6, 6.07) is -0.255. The van der Waals surface area contributed by atoms with Crippen LogP contribution in [0.15, 0.2) is 0 Å². The molecule has 6 heteroatoms. The molecule has 0 aliphatic carbocycles. The third-order valence-electron chi connectivity index (χ3n) is 3.66. The third kappa shape index (κ3) is 2.74. The van der Waals surface area contributed by atoms with Gasteiger partial charge in [-0.05, 0) is 19.3 Å². The number of fused-ring (bicyclic) bond motifs is 1. The fourth-order valence-electron chi connectivity index (χ4n) is 2.58. The zero-order chi connectivity index (χ0) is 13.1. The minimum atomic E-state index is -0.883. The van der Waals surface area contributed by atoms with Crippen molar-refractivity contribution in [2.45, 2.75) is 32.2 Å². The zero-order valence-corrected chi connectivity index (χ0v) is 11.6. The summed E-state index contributed by atoms with van der Waals surface area (Å²) in [6.45, 7) is 3.18. The molecule has 2 heterocycles. The molecule has 5 nitrogen and oxygen atoms in total. The van der Waals surface area contributed by atoms with E-state index in [-0.39, 0.29) is 24.4 Å². The Balaban J connectivity index is 1.98. The van der Waals surface area contributed by atoms with Gasteiger partial charge >= 0.3 is 0 Å². The second-order valence-electron chi connectivity index (χ2n) is 4.79. The van der Waals surface area contributed by atoms with Gasteiger partial charge in [0.05, 0.1) is 6.54 Å². The Bertz CT molecular complexity index is 372. The molecule has 2 unspecified atom stereocenters. The third-order valence-corrected chi connectivity index (χ3v) is 4.94. The molecule has 2 aliphatic rings. The van der Waals surface area contributed by atoms with Crippen molar-refractivity contribution in [1.29, 1.82) is 0 Å². The lowest BCUT2D eigenvalue weighted by molar-refractivity contribution is -0.157. The molecule has 0 N–H and O–H groups in total. The molecule has 0 saturated carbocycles. The maximum absolute atomic E-state index is 12.2. The number of rotatable bonds is 4. The molecule has 0 spiro atoms. The summed E-state index contributed by atoms with van der Waals surface area (Å²) >= 11 is 0. The Morgan fingerprint density at radius 1 is 1.33 bits per heavy atom. The number of carbonyl (C=O) groups is 2. The Labute approximate surface area is 110 Å². The minimum absolute atomic E-state index is 0.0431. The quantitative estimate of drug-likeness (QED) is 0.722. The first-order valence-electron chi connectivity index (χ1n) is 6.56. The monoisotopic (exact) mass is 272 g/mol. The lowest BCUT2D eigenvalue weighted by atomic mass is 9.98. The van der Waals surface area contributed by atoms with Gasteiger partial charge in [-0.1, -0.05) is 6.92 Å². The summed E-state index contributed by atoms with van der Waals surface area (Å²) < 4.78 is 11.4. The van der Waals surface area contributed by atoms with Crippen molar-refractivity contribution in [2.75, 3.05) is 31.1 Å². The SMILES string of the molecule is CCS(=O)CCN1CC(=O)N2CCCCC2C1=O. The molecule has 0 bridgehead atoms. The summed E-state index contributed by atoms with van der Waals surface area (Å²) in [7, 11) is -0.883. The smallest absolute Gasteiger partial charge is 0.245 e. The molecule has 0 radical (unpaired) electrons. The molecule has 2 aliphatic heterocycles. The van der Waals surface area contributed by atoms with Crippen LogP contribution in [0.25, 0.3) is 0 Å². The van der Waals surface area contributed by atoms with E-state index in [0.717, 1.165) is 19.3 Å². The normalized spacial score (nSPS) is 26.2. The van der Waals surface area contributed by atoms with Gasteiger partial charge in [-0.25, -0.2) is 0 Å². The predicted molar refractivity (Wildman–Crippen MR) is 69.5 cm³/mol. The fourth-order valence-corrected chi connectivity index (χ4v) is 3.29. The predicted octanol–water partition coefficient (Wildman–Crippen LogP) is -0.0217. The van der Waals surface area contributed by atoms with E-state index in [1.807, 2.05) is 6.92 Å². The Morgan fingerprint density at radius 3 is 2.83 bits per heavy atom. The second-order valence-corrected chi connectivity index (χ2v) is 6.66. The fraction of sp³-hybridized carbons (Fsp3) is 0.833. The number of piperidine rings is 1. The van der Waals surface area contributed by atoms with Crippen molar-refractivity contribution in [1.82, 2.24) is 9.80 Å². The average molecular weight is 272 g/mol. The number of hydrogen-bond donors (Lipinski definition) is 0. The molecule has 2 saturated heterocycles. The van der Waals surface area contributed by atoms with Crippen molar-refractivity contribution >= 4 is 22.6 Å². The van der Waals surface area contributed by atoms with E-state index in [2.05, 4.69) is 0 Å². The van der Waals surface area contributed by atoms with Gasteiger partial charge in [-0.15, -0.1) is 0 Å². The second kappa shape index (κ2) is 5.82. The standard InChI is InChI=1S/C12H20N2O3S/c1-2-18(17)8-7-13-9-11(15)14-6-4-3-5-10(14)12(13)16/h10H,2-9H2,1H3. The van der Waals surface area contributed by atoms with Crippen LogP contribution in [0.5, 0.6) is 0 Å². The molecule has 18 heavy (non-hydrogen) atoms. The van der Waals surface area contributed by atoms with Crippen LogP contribution in [0.3, 0.4) is 0 Å². The van der Waals surface area contributed by atoms with Crippen LogP contribution >= 0.6 is 0 Å². The molecular weight excluding hydrogens is 252 g/mol. The molecule has 0 aromatic rings. The van der Waals surface area contributed by atoms with Crippen LogP contribution < -0.4 is 0 Å². The first-order chi connectivity index (χ1) is 8.63. The maximum Gasteiger partial charge on any atom is 0.245 e. The van der Waals surface area contributed by atoms with Gasteiger partial charge in [0.2, 0.25) is 11.8 Å². The van der Waals surface area contributed by atoms with E-state index in [9.17, 15) is 13.8 Å². The van der Waals surface area contributed by atoms with Crippen LogP contribution in [0.4, 0.5) is 0 Å². The Hall–Kier alpha value is -0.910. The van der Waals surface area contributed by atoms with Crippen LogP contribution in [0.2, 0.25) is 0 Å². The highest BCUT2D eigenvalue weighted by Gasteiger charge is 2.40. The van der Waals surface area contributed by atoms with Crippen molar-refractivity contribution in [2.24, 2.45) is 0 Å². The number of amides is 2. The van der Waals surface area contributed by atoms with E-state index >= 15 is 0 Å². The van der Waals surface area contributed by atoms with Crippen LogP contribution in [0.1, 0.15) is 26.2 Å². The van der Waals surface area contributed by atoms with Gasteiger partial charge in [0.1, 0.15) is 6.04 Å². The van der Waals surface area contributed by atoms with Gasteiger partial charge in [0.15, 0.2) is 0 Å². The van der Waals surface area contributed by atoms with Crippen molar-refractivity contribution < 1.29 is 13.8 Å². The van der Waals surface area contributed by atoms with E-state index in [4.69, 9.17) is 0 Å². The summed E-state index contributed by atoms with van der Waals surface area (Å²) in [5.41, 5.74) is 0. The Morgan fingerprint density at radius 2 is 2.11 bits per heavy atom. The molecule has 2 fully saturated rings. The molecule has 2 atom stereocenters. The number of nitrogens with zero attached hydrogens (tertiary/aromatic N) is 2. The maximum atomic E-state index is 12.2. The Kier molecular flexibility index (Phi) is 4.37. The lowest BCUT2D eigenvalue weighted by Crippen LogP contribution is -2.61. The molecule has 2 amide bonds. The van der Waals surface area contributed by atoms with Crippen molar-refractivity contribution in [3.8, 4) is 0 Å². The first-order valence-corrected chi connectivity index (χ1v) is 8.05. The first kappa shape index (κ1) is 13.5. The highest BCUT2D eigenvalue weighted by atomic mass is 32.2. The van der Waals surface area contributed by atoms with Gasteiger partial charge < -0.3 is 9.80 Å². The van der Waals surface area contributed by atoms with E-state index in [1.165, 1.54) is 0 Å². The summed E-state index contributed by atoms with van der Waals surface area (Å²) in [4.78, 5) is 27.5. The number of hydrogen-bond acceptors (Lipinski definition) is 3. The lowest BCUT2D eigenvalue weighted by Gasteiger charge is -2.42. The van der Waals surface area contributed by atoms with E-state index in [1.54, 1.807) is 9.80 Å². The molecular formula is C12H20N2O3S. The highest BCUT2D eigenvalue weighted by Crippen LogP contribution is 2.22. The zero-order valence-electron chi connectivity index (χ0n) is 10.8. The van der Waals surface area contributed by atoms with E-state index < -0.39 is 10.8 Å². The van der Waals surface area contributed by atoms with Gasteiger partial charge in [-0.3, -0.25) is 13.8 Å². The molecule has 0 aromatic carbocycles. The van der Waals surface area contributed by atoms with Crippen molar-refractivity contribution in [3.63, 3.8) is 0 Å². The summed E-state index contributed by atoms with van der Waals surface area (Å²) in [6.07, 6.45) is 2.78. The largest absolute Gasteiger partial charge is 0.331 e. The minimum Gasteiger partial charge on any atom is -0.331 e. The molecule has 0 aromatic heterocycles. The van der Waals surface area contributed by atoms with Gasteiger partial charge in [0.25, 0.3) is 0 Å². The number of piperazine rings is 1. The van der Waals surface area contributed by atoms with Crippen LogP contribution in [0, 0.1) is 0 Å². The van der Waals surface area contributed by atoms with Crippen molar-refractivity contribution in [3.05, 3.63) is 0 Å². The molecule has 2 rings (SSSR count). The molecule has 102 valence electrons. The number of carbonyl (C=O) groups excluding carboxylic acids is 2. The van der Waals surface area contributed by atoms with E-state index in [0.29, 0.717) is 24.6 Å². The van der Waals surface area contributed by atoms with Crippen LogP contribution in [-0.2, 0) is 20.4 Å². The van der Waals surface area contributed by atoms with Crippen LogP contribution in [-0.4, -0.2) is 63.0 Å².